The van der Waals surface area contributed by atoms with Crippen LogP contribution in [-0.2, 0) is 14.3 Å². The molecule has 0 aromatic heterocycles. The van der Waals surface area contributed by atoms with Crippen molar-refractivity contribution in [3.8, 4) is 5.75 Å². The molecule has 162 valence electrons. The quantitative estimate of drug-likeness (QED) is 0.196. The number of ether oxygens (including phenoxy) is 2. The Labute approximate surface area is 179 Å². The Morgan fingerprint density at radius 2 is 1.73 bits per heavy atom. The molecule has 0 fully saturated rings. The van der Waals surface area contributed by atoms with E-state index in [0.717, 1.165) is 41.5 Å². The maximum Gasteiger partial charge on any atom is 0.383 e. The van der Waals surface area contributed by atoms with Crippen LogP contribution in [0.1, 0.15) is 37.7 Å². The number of nitrogens with zero attached hydrogens (tertiary/aromatic N) is 2. The van der Waals surface area contributed by atoms with Gasteiger partial charge < -0.3 is 14.4 Å². The maximum absolute atomic E-state index is 12.6. The van der Waals surface area contributed by atoms with Crippen molar-refractivity contribution < 1.29 is 23.6 Å². The van der Waals surface area contributed by atoms with Gasteiger partial charge in [0.2, 0.25) is 6.04 Å². The van der Waals surface area contributed by atoms with Crippen LogP contribution in [0, 0.1) is 0 Å². The summed E-state index contributed by atoms with van der Waals surface area (Å²) in [6.45, 7) is 6.53. The molecule has 0 radical (unpaired) electrons. The Balaban J connectivity index is 2.03. The number of carbonyl (C=O) groups excluding carboxylic acids is 2. The average Bonchev–Trinajstić information content (AvgIpc) is 2.71. The van der Waals surface area contributed by atoms with Crippen LogP contribution < -0.4 is 4.74 Å². The summed E-state index contributed by atoms with van der Waals surface area (Å²) in [5, 5.41) is 2.02. The average molecular weight is 414 g/mol. The number of benzene rings is 2. The molecule has 0 spiro atoms. The Morgan fingerprint density at radius 1 is 1.07 bits per heavy atom. The second-order valence-electron chi connectivity index (χ2n) is 8.01. The number of hydrogen-bond acceptors (Lipinski definition) is 5. The van der Waals surface area contributed by atoms with Crippen LogP contribution in [0.4, 0.5) is 0 Å². The molecule has 0 aliphatic rings. The molecule has 2 aromatic rings. The van der Waals surface area contributed by atoms with Crippen molar-refractivity contribution in [1.82, 2.24) is 4.90 Å². The first kappa shape index (κ1) is 23.5. The molecular weight excluding hydrogens is 380 g/mol. The van der Waals surface area contributed by atoms with E-state index in [4.69, 9.17) is 9.47 Å². The van der Waals surface area contributed by atoms with Crippen molar-refractivity contribution >= 4 is 29.4 Å². The summed E-state index contributed by atoms with van der Waals surface area (Å²) in [4.78, 5) is 27.3. The van der Waals surface area contributed by atoms with Gasteiger partial charge in [0.1, 0.15) is 19.5 Å². The Bertz CT molecular complexity index is 907. The molecule has 1 unspecified atom stereocenters. The van der Waals surface area contributed by atoms with Gasteiger partial charge in [0.25, 0.3) is 0 Å². The molecule has 0 saturated carbocycles. The minimum Gasteiger partial charge on any atom is -0.497 e. The molecule has 2 atom stereocenters. The first-order chi connectivity index (χ1) is 14.2. The zero-order valence-corrected chi connectivity index (χ0v) is 18.7. The minimum atomic E-state index is -0.551. The first-order valence-corrected chi connectivity index (χ1v) is 10.2. The molecule has 2 aromatic carbocycles. The van der Waals surface area contributed by atoms with Crippen LogP contribution in [-0.4, -0.2) is 69.0 Å². The molecule has 0 aliphatic heterocycles. The van der Waals surface area contributed by atoms with E-state index in [-0.39, 0.29) is 0 Å². The van der Waals surface area contributed by atoms with Gasteiger partial charge in [0.15, 0.2) is 0 Å². The van der Waals surface area contributed by atoms with Crippen LogP contribution in [0.3, 0.4) is 0 Å². The number of fused-ring (bicyclic) bond motifs is 1. The first-order valence-electron chi connectivity index (χ1n) is 10.2. The highest BCUT2D eigenvalue weighted by atomic mass is 16.6. The van der Waals surface area contributed by atoms with E-state index in [2.05, 4.69) is 11.6 Å². The third kappa shape index (κ3) is 6.39. The number of unbranched alkanes of at least 4 members (excludes halogenated alkanes) is 1. The lowest BCUT2D eigenvalue weighted by atomic mass is 9.98. The van der Waals surface area contributed by atoms with Gasteiger partial charge in [-0.2, -0.15) is 0 Å². The van der Waals surface area contributed by atoms with Gasteiger partial charge in [0.05, 0.1) is 13.0 Å². The Kier molecular flexibility index (Phi) is 8.54. The van der Waals surface area contributed by atoms with Gasteiger partial charge in [-0.15, -0.1) is 0 Å². The molecule has 0 bridgehead atoms. The van der Waals surface area contributed by atoms with Gasteiger partial charge in [-0.25, -0.2) is 9.37 Å². The third-order valence-corrected chi connectivity index (χ3v) is 5.26. The normalized spacial score (nSPS) is 13.1. The lowest BCUT2D eigenvalue weighted by Crippen LogP contribution is -2.35. The van der Waals surface area contributed by atoms with Gasteiger partial charge in [-0.1, -0.05) is 24.3 Å². The molecule has 0 N–H and O–H groups in total. The van der Waals surface area contributed by atoms with E-state index in [1.807, 2.05) is 50.5 Å². The van der Waals surface area contributed by atoms with Gasteiger partial charge in [0, 0.05) is 6.42 Å². The van der Waals surface area contributed by atoms with Crippen molar-refractivity contribution in [2.75, 3.05) is 34.8 Å². The van der Waals surface area contributed by atoms with Crippen molar-refractivity contribution in [2.24, 2.45) is 0 Å². The summed E-state index contributed by atoms with van der Waals surface area (Å²) in [5.74, 6) is -0.861. The molecule has 0 amide bonds. The predicted molar refractivity (Wildman–Crippen MR) is 120 cm³/mol. The van der Waals surface area contributed by atoms with Crippen LogP contribution in [0.5, 0.6) is 5.75 Å². The zero-order chi connectivity index (χ0) is 22.3. The van der Waals surface area contributed by atoms with E-state index in [1.165, 1.54) is 0 Å². The number of hydrogen-bond donors (Lipinski definition) is 0. The topological polar surface area (TPSA) is 58.8 Å². The Hall–Kier alpha value is -2.73. The highest BCUT2D eigenvalue weighted by Crippen LogP contribution is 2.26. The summed E-state index contributed by atoms with van der Waals surface area (Å²) < 4.78 is 12.0. The summed E-state index contributed by atoms with van der Waals surface area (Å²) in [7, 11) is 7.39. The lowest BCUT2D eigenvalue weighted by molar-refractivity contribution is -0.518. The second kappa shape index (κ2) is 10.9. The maximum atomic E-state index is 12.6. The SMILES string of the molecule is C=[N+](C)C(CCCCN(C)C)C(=O)OC(=O)[C@@H](C)c1ccc2cc(OC)ccc2c1. The van der Waals surface area contributed by atoms with Crippen LogP contribution in [0.2, 0.25) is 0 Å². The standard InChI is InChI=1S/C24H33N2O4/c1-17(18-10-11-20-16-21(29-6)13-12-19(20)15-18)23(27)30-24(28)22(26(4)5)9-7-8-14-25(2)3/h10-13,15-17,22H,4,7-9,14H2,1-3,5-6H3/q+1/t17-,22?/m0/s1. The van der Waals surface area contributed by atoms with E-state index in [1.54, 1.807) is 25.7 Å². The Morgan fingerprint density at radius 3 is 2.37 bits per heavy atom. The third-order valence-electron chi connectivity index (χ3n) is 5.26. The minimum absolute atomic E-state index is 0.535. The number of methoxy groups -OCH3 is 1. The predicted octanol–water partition coefficient (Wildman–Crippen LogP) is 3.47. The fourth-order valence-corrected chi connectivity index (χ4v) is 3.31. The molecule has 2 rings (SSSR count). The van der Waals surface area contributed by atoms with Crippen molar-refractivity contribution in [2.45, 2.75) is 38.1 Å². The van der Waals surface area contributed by atoms with Crippen molar-refractivity contribution in [3.05, 3.63) is 42.0 Å². The number of rotatable bonds is 10. The highest BCUT2D eigenvalue weighted by Gasteiger charge is 2.31. The van der Waals surface area contributed by atoms with E-state index in [9.17, 15) is 9.59 Å². The number of esters is 2. The smallest absolute Gasteiger partial charge is 0.383 e. The van der Waals surface area contributed by atoms with Crippen molar-refractivity contribution in [1.29, 1.82) is 0 Å². The fourth-order valence-electron chi connectivity index (χ4n) is 3.31. The van der Waals surface area contributed by atoms with Crippen LogP contribution in [0.15, 0.2) is 36.4 Å². The van der Waals surface area contributed by atoms with Crippen molar-refractivity contribution in [3.63, 3.8) is 0 Å². The van der Waals surface area contributed by atoms with Gasteiger partial charge >= 0.3 is 11.9 Å². The monoisotopic (exact) mass is 413 g/mol. The van der Waals surface area contributed by atoms with E-state index < -0.39 is 23.9 Å². The number of carbonyl (C=O) groups is 2. The molecule has 6 heteroatoms. The zero-order valence-electron chi connectivity index (χ0n) is 18.7. The largest absolute Gasteiger partial charge is 0.497 e. The molecule has 30 heavy (non-hydrogen) atoms. The lowest BCUT2D eigenvalue weighted by Gasteiger charge is -2.15. The van der Waals surface area contributed by atoms with Gasteiger partial charge in [-0.05, 0) is 68.9 Å². The molecule has 0 saturated heterocycles. The van der Waals surface area contributed by atoms with Crippen LogP contribution >= 0.6 is 0 Å². The second-order valence-corrected chi connectivity index (χ2v) is 8.01. The summed E-state index contributed by atoms with van der Waals surface area (Å²) in [6, 6.07) is 11.0. The fraction of sp³-hybridized carbons (Fsp3) is 0.458. The number of likely N-dealkylation sites (N-methyl/N-ethyl adjacent to an activating group) is 1. The molecule has 0 aliphatic carbocycles. The molecule has 6 nitrogen and oxygen atoms in total. The van der Waals surface area contributed by atoms with Crippen LogP contribution in [0.25, 0.3) is 10.8 Å². The summed E-state index contributed by atoms with van der Waals surface area (Å²) in [5.41, 5.74) is 0.802. The van der Waals surface area contributed by atoms with Gasteiger partial charge in [-0.3, -0.25) is 4.79 Å². The highest BCUT2D eigenvalue weighted by molar-refractivity contribution is 5.92. The molecule has 0 heterocycles. The van der Waals surface area contributed by atoms with E-state index >= 15 is 0 Å². The molecular formula is C24H33N2O4+. The summed E-state index contributed by atoms with van der Waals surface area (Å²) in [6.07, 6.45) is 2.43. The van der Waals surface area contributed by atoms with E-state index in [0.29, 0.717) is 6.42 Å². The summed E-state index contributed by atoms with van der Waals surface area (Å²) >= 11 is 0.